The quantitative estimate of drug-likeness (QED) is 0.891. The highest BCUT2D eigenvalue weighted by Crippen LogP contribution is 2.40. The zero-order valence-corrected chi connectivity index (χ0v) is 13.5. The third kappa shape index (κ3) is 3.61. The molecule has 0 saturated heterocycles. The van der Waals surface area contributed by atoms with Gasteiger partial charge >= 0.3 is 0 Å². The number of aromatic nitrogens is 2. The van der Waals surface area contributed by atoms with Gasteiger partial charge in [-0.1, -0.05) is 13.8 Å². The van der Waals surface area contributed by atoms with E-state index in [4.69, 9.17) is 0 Å². The molecule has 1 aliphatic rings. The molecule has 0 bridgehead atoms. The first-order chi connectivity index (χ1) is 9.21. The Morgan fingerprint density at radius 3 is 2.45 bits per heavy atom. The molecular weight excluding hydrogens is 250 g/mol. The van der Waals surface area contributed by atoms with E-state index >= 15 is 0 Å². The van der Waals surface area contributed by atoms with Crippen LogP contribution in [0.4, 0.5) is 0 Å². The molecule has 1 heterocycles. The number of aliphatic hydroxyl groups is 1. The third-order valence-corrected chi connectivity index (χ3v) is 4.79. The summed E-state index contributed by atoms with van der Waals surface area (Å²) in [4.78, 5) is 0. The molecule has 1 saturated carbocycles. The summed E-state index contributed by atoms with van der Waals surface area (Å²) in [5.41, 5.74) is 2.12. The third-order valence-electron chi connectivity index (χ3n) is 4.79. The average Bonchev–Trinajstić information content (AvgIpc) is 2.70. The first kappa shape index (κ1) is 15.5. The number of nitrogens with zero attached hydrogens (tertiary/aromatic N) is 2. The molecule has 4 heteroatoms. The number of hydrogen-bond donors (Lipinski definition) is 2. The predicted octanol–water partition coefficient (Wildman–Crippen LogP) is 2.71. The van der Waals surface area contributed by atoms with Gasteiger partial charge < -0.3 is 10.4 Å². The van der Waals surface area contributed by atoms with Gasteiger partial charge in [-0.3, -0.25) is 4.68 Å². The fourth-order valence-electron chi connectivity index (χ4n) is 3.06. The summed E-state index contributed by atoms with van der Waals surface area (Å²) in [7, 11) is 1.94. The van der Waals surface area contributed by atoms with Crippen LogP contribution in [0.25, 0.3) is 0 Å². The maximum atomic E-state index is 10.7. The number of rotatable bonds is 4. The van der Waals surface area contributed by atoms with E-state index in [9.17, 15) is 5.11 Å². The van der Waals surface area contributed by atoms with Crippen molar-refractivity contribution in [2.24, 2.45) is 12.5 Å². The van der Waals surface area contributed by atoms with E-state index in [2.05, 4.69) is 37.4 Å². The fraction of sp³-hybridized carbons (Fsp3) is 0.812. The van der Waals surface area contributed by atoms with Crippen LogP contribution in [0.3, 0.4) is 0 Å². The molecule has 1 aliphatic carbocycles. The number of nitrogens with one attached hydrogen (secondary N) is 1. The maximum absolute atomic E-state index is 10.7. The van der Waals surface area contributed by atoms with Gasteiger partial charge in [0.25, 0.3) is 0 Å². The Morgan fingerprint density at radius 1 is 1.35 bits per heavy atom. The molecule has 2 rings (SSSR count). The zero-order chi connectivity index (χ0) is 15.0. The topological polar surface area (TPSA) is 50.1 Å². The minimum absolute atomic E-state index is 0.225. The lowest BCUT2D eigenvalue weighted by Crippen LogP contribution is -2.45. The van der Waals surface area contributed by atoms with Gasteiger partial charge in [0, 0.05) is 31.4 Å². The van der Waals surface area contributed by atoms with Gasteiger partial charge in [-0.2, -0.15) is 5.10 Å². The molecule has 0 spiro atoms. The van der Waals surface area contributed by atoms with Crippen LogP contribution in [-0.2, 0) is 7.05 Å². The largest absolute Gasteiger partial charge is 0.389 e. The van der Waals surface area contributed by atoms with Crippen molar-refractivity contribution in [1.29, 1.82) is 0 Å². The number of hydrogen-bond acceptors (Lipinski definition) is 3. The van der Waals surface area contributed by atoms with Crippen LogP contribution in [0.2, 0.25) is 0 Å². The summed E-state index contributed by atoms with van der Waals surface area (Å²) in [5, 5.41) is 18.6. The van der Waals surface area contributed by atoms with E-state index < -0.39 is 5.60 Å². The van der Waals surface area contributed by atoms with E-state index in [1.165, 1.54) is 5.56 Å². The molecule has 1 atom stereocenters. The number of aryl methyl sites for hydroxylation is 2. The molecular formula is C16H29N3O. The lowest BCUT2D eigenvalue weighted by Gasteiger charge is -2.40. The van der Waals surface area contributed by atoms with Gasteiger partial charge in [0.2, 0.25) is 0 Å². The first-order valence-corrected chi connectivity index (χ1v) is 7.67. The Kier molecular flexibility index (Phi) is 4.26. The van der Waals surface area contributed by atoms with Crippen molar-refractivity contribution >= 4 is 0 Å². The van der Waals surface area contributed by atoms with Crippen molar-refractivity contribution in [2.45, 2.75) is 65.0 Å². The van der Waals surface area contributed by atoms with Crippen molar-refractivity contribution in [1.82, 2.24) is 15.1 Å². The Balaban J connectivity index is 1.90. The van der Waals surface area contributed by atoms with E-state index in [-0.39, 0.29) is 6.04 Å². The van der Waals surface area contributed by atoms with Crippen LogP contribution in [0, 0.1) is 12.3 Å². The Hall–Kier alpha value is -0.870. The first-order valence-electron chi connectivity index (χ1n) is 7.67. The Morgan fingerprint density at radius 2 is 1.95 bits per heavy atom. The lowest BCUT2D eigenvalue weighted by atomic mass is 9.71. The van der Waals surface area contributed by atoms with E-state index in [1.807, 2.05) is 18.7 Å². The second-order valence-corrected chi connectivity index (χ2v) is 7.33. The Bertz CT molecular complexity index is 454. The van der Waals surface area contributed by atoms with Gasteiger partial charge in [-0.15, -0.1) is 0 Å². The summed E-state index contributed by atoms with van der Waals surface area (Å²) in [6, 6.07) is 0.225. The van der Waals surface area contributed by atoms with Crippen LogP contribution < -0.4 is 5.32 Å². The minimum atomic E-state index is -0.542. The van der Waals surface area contributed by atoms with Crippen LogP contribution in [0.15, 0.2) is 6.20 Å². The highest BCUT2D eigenvalue weighted by Gasteiger charge is 2.36. The molecule has 1 unspecified atom stereocenters. The summed E-state index contributed by atoms with van der Waals surface area (Å²) < 4.78 is 1.85. The molecule has 0 aromatic carbocycles. The molecule has 1 aromatic rings. The summed E-state index contributed by atoms with van der Waals surface area (Å²) in [6.07, 6.45) is 6.05. The molecule has 0 amide bonds. The molecule has 2 N–H and O–H groups in total. The van der Waals surface area contributed by atoms with Crippen molar-refractivity contribution in [2.75, 3.05) is 6.54 Å². The molecule has 1 fully saturated rings. The second-order valence-electron chi connectivity index (χ2n) is 7.33. The second kappa shape index (κ2) is 5.49. The van der Waals surface area contributed by atoms with Crippen molar-refractivity contribution < 1.29 is 5.11 Å². The van der Waals surface area contributed by atoms with E-state index in [0.29, 0.717) is 12.0 Å². The molecule has 20 heavy (non-hydrogen) atoms. The van der Waals surface area contributed by atoms with Gasteiger partial charge in [-0.25, -0.2) is 0 Å². The lowest BCUT2D eigenvalue weighted by molar-refractivity contribution is -0.0258. The maximum Gasteiger partial charge on any atom is 0.0772 e. The minimum Gasteiger partial charge on any atom is -0.389 e. The van der Waals surface area contributed by atoms with E-state index in [1.54, 1.807) is 0 Å². The summed E-state index contributed by atoms with van der Waals surface area (Å²) in [6.45, 7) is 9.42. The zero-order valence-electron chi connectivity index (χ0n) is 13.5. The highest BCUT2D eigenvalue weighted by atomic mass is 16.3. The summed E-state index contributed by atoms with van der Waals surface area (Å²) >= 11 is 0. The van der Waals surface area contributed by atoms with Crippen molar-refractivity contribution in [3.8, 4) is 0 Å². The van der Waals surface area contributed by atoms with Crippen LogP contribution in [0.1, 0.15) is 63.8 Å². The normalized spacial score (nSPS) is 22.7. The monoisotopic (exact) mass is 279 g/mol. The van der Waals surface area contributed by atoms with Gasteiger partial charge in [0.1, 0.15) is 0 Å². The van der Waals surface area contributed by atoms with Crippen molar-refractivity contribution in [3.05, 3.63) is 17.5 Å². The van der Waals surface area contributed by atoms with Crippen LogP contribution in [-0.4, -0.2) is 27.0 Å². The fourth-order valence-corrected chi connectivity index (χ4v) is 3.06. The predicted molar refractivity (Wildman–Crippen MR) is 81.6 cm³/mol. The summed E-state index contributed by atoms with van der Waals surface area (Å²) in [5.74, 6) is 0. The average molecular weight is 279 g/mol. The molecule has 0 radical (unpaired) electrons. The van der Waals surface area contributed by atoms with Crippen LogP contribution >= 0.6 is 0 Å². The highest BCUT2D eigenvalue weighted by molar-refractivity contribution is 5.19. The van der Waals surface area contributed by atoms with Crippen molar-refractivity contribution in [3.63, 3.8) is 0 Å². The SMILES string of the molecule is Cc1nn(C)cc1C(C)NCC1(O)CCC(C)(C)CC1. The smallest absolute Gasteiger partial charge is 0.0772 e. The van der Waals surface area contributed by atoms with Gasteiger partial charge in [-0.05, 0) is 44.9 Å². The molecule has 114 valence electrons. The van der Waals surface area contributed by atoms with E-state index in [0.717, 1.165) is 31.4 Å². The molecule has 1 aromatic heterocycles. The molecule has 0 aliphatic heterocycles. The standard InChI is InChI=1S/C16H29N3O/c1-12(14-10-19(5)18-13(14)2)17-11-16(20)8-6-15(3,4)7-9-16/h10,12,17,20H,6-9,11H2,1-5H3. The van der Waals surface area contributed by atoms with Gasteiger partial charge in [0.05, 0.1) is 11.3 Å². The Labute approximate surface area is 122 Å². The van der Waals surface area contributed by atoms with Gasteiger partial charge in [0.15, 0.2) is 0 Å². The van der Waals surface area contributed by atoms with Crippen LogP contribution in [0.5, 0.6) is 0 Å². The molecule has 4 nitrogen and oxygen atoms in total.